The maximum atomic E-state index is 11.3. The molecule has 0 saturated heterocycles. The molecule has 2 aliphatic rings. The molecule has 3 heteroatoms. The molecule has 0 atom stereocenters. The average molecular weight is 197 g/mol. The van der Waals surface area contributed by atoms with E-state index in [0.29, 0.717) is 5.92 Å². The van der Waals surface area contributed by atoms with E-state index in [2.05, 4.69) is 0 Å². The Morgan fingerprint density at radius 3 is 2.29 bits per heavy atom. The van der Waals surface area contributed by atoms with Crippen molar-refractivity contribution in [1.82, 2.24) is 0 Å². The fraction of sp³-hybridized carbons (Fsp3) is 0.909. The number of carboxylic acid groups (broad SMARTS) is 1. The Balaban J connectivity index is 2.01. The molecule has 2 rings (SSSR count). The summed E-state index contributed by atoms with van der Waals surface area (Å²) in [6.07, 6.45) is 6.73. The Bertz CT molecular complexity index is 227. The van der Waals surface area contributed by atoms with Gasteiger partial charge in [-0.3, -0.25) is 4.79 Å². The molecule has 0 radical (unpaired) electrons. The van der Waals surface area contributed by atoms with Gasteiger partial charge in [0.2, 0.25) is 0 Å². The standard InChI is InChI=1S/C11H19NO2/c12-9-3-5-11(6-4-9,10(13)14)7-8-1-2-8/h8-9H,1-7,12H2,(H,13,14). The van der Waals surface area contributed by atoms with Gasteiger partial charge in [0.05, 0.1) is 5.41 Å². The number of carboxylic acids is 1. The van der Waals surface area contributed by atoms with E-state index in [9.17, 15) is 9.90 Å². The average Bonchev–Trinajstić information content (AvgIpc) is 2.93. The van der Waals surface area contributed by atoms with Crippen LogP contribution in [0.25, 0.3) is 0 Å². The van der Waals surface area contributed by atoms with Gasteiger partial charge in [-0.1, -0.05) is 12.8 Å². The summed E-state index contributed by atoms with van der Waals surface area (Å²) >= 11 is 0. The molecule has 0 aliphatic heterocycles. The predicted molar refractivity (Wildman–Crippen MR) is 53.9 cm³/mol. The Morgan fingerprint density at radius 2 is 1.86 bits per heavy atom. The molecular weight excluding hydrogens is 178 g/mol. The van der Waals surface area contributed by atoms with Gasteiger partial charge in [-0.05, 0) is 38.0 Å². The SMILES string of the molecule is NC1CCC(CC2CC2)(C(=O)O)CC1. The fourth-order valence-electron chi connectivity index (χ4n) is 2.57. The third-order valence-corrected chi connectivity index (χ3v) is 3.82. The summed E-state index contributed by atoms with van der Waals surface area (Å²) in [5, 5.41) is 9.31. The van der Waals surface area contributed by atoms with Crippen molar-refractivity contribution in [3.8, 4) is 0 Å². The molecule has 14 heavy (non-hydrogen) atoms. The van der Waals surface area contributed by atoms with Crippen molar-refractivity contribution in [2.45, 2.75) is 51.0 Å². The molecule has 3 nitrogen and oxygen atoms in total. The highest BCUT2D eigenvalue weighted by Gasteiger charge is 2.44. The molecule has 0 heterocycles. The quantitative estimate of drug-likeness (QED) is 0.724. The second kappa shape index (κ2) is 3.54. The molecule has 0 unspecified atom stereocenters. The summed E-state index contributed by atoms with van der Waals surface area (Å²) in [6.45, 7) is 0. The molecule has 0 amide bonds. The number of hydrogen-bond acceptors (Lipinski definition) is 2. The molecule has 0 bridgehead atoms. The zero-order chi connectivity index (χ0) is 10.2. The van der Waals surface area contributed by atoms with E-state index in [-0.39, 0.29) is 6.04 Å². The molecular formula is C11H19NO2. The van der Waals surface area contributed by atoms with Gasteiger partial charge in [-0.15, -0.1) is 0 Å². The third kappa shape index (κ3) is 1.92. The number of rotatable bonds is 3. The Morgan fingerprint density at radius 1 is 1.29 bits per heavy atom. The van der Waals surface area contributed by atoms with Crippen molar-refractivity contribution in [1.29, 1.82) is 0 Å². The summed E-state index contributed by atoms with van der Waals surface area (Å²) in [7, 11) is 0. The Hall–Kier alpha value is -0.570. The van der Waals surface area contributed by atoms with Crippen LogP contribution in [-0.2, 0) is 4.79 Å². The topological polar surface area (TPSA) is 63.3 Å². The van der Waals surface area contributed by atoms with Gasteiger partial charge in [0.15, 0.2) is 0 Å². The van der Waals surface area contributed by atoms with Crippen LogP contribution in [0.5, 0.6) is 0 Å². The van der Waals surface area contributed by atoms with Crippen molar-refractivity contribution >= 4 is 5.97 Å². The van der Waals surface area contributed by atoms with Crippen LogP contribution in [0.4, 0.5) is 0 Å². The lowest BCUT2D eigenvalue weighted by Gasteiger charge is -2.35. The van der Waals surface area contributed by atoms with Crippen LogP contribution in [0.3, 0.4) is 0 Å². The predicted octanol–water partition coefficient (Wildman–Crippen LogP) is 1.76. The van der Waals surface area contributed by atoms with Crippen molar-refractivity contribution < 1.29 is 9.90 Å². The smallest absolute Gasteiger partial charge is 0.309 e. The van der Waals surface area contributed by atoms with Crippen molar-refractivity contribution in [3.63, 3.8) is 0 Å². The first-order chi connectivity index (χ1) is 6.62. The number of carbonyl (C=O) groups is 1. The minimum absolute atomic E-state index is 0.238. The van der Waals surface area contributed by atoms with E-state index in [1.165, 1.54) is 12.8 Å². The van der Waals surface area contributed by atoms with E-state index in [0.717, 1.165) is 32.1 Å². The lowest BCUT2D eigenvalue weighted by Crippen LogP contribution is -2.39. The second-order valence-electron chi connectivity index (χ2n) is 5.07. The van der Waals surface area contributed by atoms with Gasteiger partial charge >= 0.3 is 5.97 Å². The first-order valence-corrected chi connectivity index (χ1v) is 5.61. The maximum Gasteiger partial charge on any atom is 0.309 e. The van der Waals surface area contributed by atoms with Crippen LogP contribution in [0.2, 0.25) is 0 Å². The van der Waals surface area contributed by atoms with Crippen molar-refractivity contribution in [2.75, 3.05) is 0 Å². The summed E-state index contributed by atoms with van der Waals surface area (Å²) in [6, 6.07) is 0.238. The molecule has 0 spiro atoms. The number of aliphatic carboxylic acids is 1. The Kier molecular flexibility index (Phi) is 2.52. The minimum atomic E-state index is -0.587. The van der Waals surface area contributed by atoms with Gasteiger partial charge < -0.3 is 10.8 Å². The van der Waals surface area contributed by atoms with Crippen LogP contribution in [0.15, 0.2) is 0 Å². The van der Waals surface area contributed by atoms with Gasteiger partial charge in [-0.25, -0.2) is 0 Å². The van der Waals surface area contributed by atoms with Gasteiger partial charge in [0, 0.05) is 6.04 Å². The normalized spacial score (nSPS) is 38.2. The van der Waals surface area contributed by atoms with E-state index < -0.39 is 11.4 Å². The van der Waals surface area contributed by atoms with Crippen LogP contribution in [-0.4, -0.2) is 17.1 Å². The van der Waals surface area contributed by atoms with E-state index >= 15 is 0 Å². The summed E-state index contributed by atoms with van der Waals surface area (Å²) in [4.78, 5) is 11.3. The fourth-order valence-corrected chi connectivity index (χ4v) is 2.57. The van der Waals surface area contributed by atoms with Gasteiger partial charge in [0.25, 0.3) is 0 Å². The van der Waals surface area contributed by atoms with E-state index in [4.69, 9.17) is 5.73 Å². The first kappa shape index (κ1) is 9.97. The van der Waals surface area contributed by atoms with Gasteiger partial charge in [0.1, 0.15) is 0 Å². The zero-order valence-corrected chi connectivity index (χ0v) is 8.54. The molecule has 2 saturated carbocycles. The third-order valence-electron chi connectivity index (χ3n) is 3.82. The molecule has 0 aromatic rings. The first-order valence-electron chi connectivity index (χ1n) is 5.61. The molecule has 2 fully saturated rings. The molecule has 80 valence electrons. The van der Waals surface area contributed by atoms with Crippen LogP contribution in [0.1, 0.15) is 44.9 Å². The maximum absolute atomic E-state index is 11.3. The Labute approximate surface area is 84.7 Å². The highest BCUT2D eigenvalue weighted by atomic mass is 16.4. The van der Waals surface area contributed by atoms with E-state index in [1.54, 1.807) is 0 Å². The lowest BCUT2D eigenvalue weighted by atomic mass is 9.69. The summed E-state index contributed by atoms with van der Waals surface area (Å²) in [5.74, 6) is 0.108. The molecule has 3 N–H and O–H groups in total. The molecule has 0 aromatic carbocycles. The molecule has 0 aromatic heterocycles. The van der Waals surface area contributed by atoms with Gasteiger partial charge in [-0.2, -0.15) is 0 Å². The van der Waals surface area contributed by atoms with Crippen LogP contribution >= 0.6 is 0 Å². The summed E-state index contributed by atoms with van der Waals surface area (Å²) < 4.78 is 0. The highest BCUT2D eigenvalue weighted by Crippen LogP contribution is 2.47. The number of nitrogens with two attached hydrogens (primary N) is 1. The second-order valence-corrected chi connectivity index (χ2v) is 5.07. The van der Waals surface area contributed by atoms with Crippen LogP contribution in [0, 0.1) is 11.3 Å². The number of hydrogen-bond donors (Lipinski definition) is 2. The largest absolute Gasteiger partial charge is 0.481 e. The highest BCUT2D eigenvalue weighted by molar-refractivity contribution is 5.74. The van der Waals surface area contributed by atoms with E-state index in [1.807, 2.05) is 0 Å². The van der Waals surface area contributed by atoms with Crippen LogP contribution < -0.4 is 5.73 Å². The van der Waals surface area contributed by atoms with Crippen molar-refractivity contribution in [2.24, 2.45) is 17.1 Å². The minimum Gasteiger partial charge on any atom is -0.481 e. The monoisotopic (exact) mass is 197 g/mol. The summed E-state index contributed by atoms with van der Waals surface area (Å²) in [5.41, 5.74) is 5.39. The lowest BCUT2D eigenvalue weighted by molar-refractivity contribution is -0.152. The van der Waals surface area contributed by atoms with Crippen molar-refractivity contribution in [3.05, 3.63) is 0 Å². The zero-order valence-electron chi connectivity index (χ0n) is 8.54. The molecule has 2 aliphatic carbocycles.